The van der Waals surface area contributed by atoms with Crippen molar-refractivity contribution in [2.75, 3.05) is 24.1 Å². The van der Waals surface area contributed by atoms with Crippen molar-refractivity contribution < 1.29 is 26.0 Å². The molecule has 2 aliphatic heterocycles. The number of piperidine rings is 1. The summed E-state index contributed by atoms with van der Waals surface area (Å²) in [7, 11) is -3.81. The molecule has 184 valence electrons. The number of likely N-dealkylation sites (tertiary alicyclic amines) is 1. The van der Waals surface area contributed by atoms with Crippen molar-refractivity contribution >= 4 is 15.7 Å². The molecule has 10 heteroatoms. The third-order valence-corrected chi connectivity index (χ3v) is 6.32. The highest BCUT2D eigenvalue weighted by atomic mass is 32.2. The normalized spacial score (nSPS) is 19.8. The Balaban J connectivity index is 2.07. The number of anilines is 1. The molecule has 0 amide bonds. The maximum absolute atomic E-state index is 14.8. The summed E-state index contributed by atoms with van der Waals surface area (Å²) in [6.07, 6.45) is 8.35. The maximum Gasteiger partial charge on any atom is 0.431 e. The van der Waals surface area contributed by atoms with Gasteiger partial charge in [0.2, 0.25) is 10.0 Å². The molecule has 0 bridgehead atoms. The van der Waals surface area contributed by atoms with Gasteiger partial charge in [0.15, 0.2) is 0 Å². The molecule has 1 saturated heterocycles. The topological polar surface area (TPSA) is 52.6 Å². The van der Waals surface area contributed by atoms with Crippen molar-refractivity contribution in [1.82, 2.24) is 9.80 Å². The molecule has 2 aliphatic rings. The summed E-state index contributed by atoms with van der Waals surface area (Å²) < 4.78 is 82.2. The highest BCUT2D eigenvalue weighted by Gasteiger charge is 2.44. The van der Waals surface area contributed by atoms with Crippen molar-refractivity contribution in [3.8, 4) is 12.3 Å². The van der Waals surface area contributed by atoms with Gasteiger partial charge in [0.25, 0.3) is 0 Å². The molecule has 3 rings (SSSR count). The van der Waals surface area contributed by atoms with Crippen LogP contribution in [0.25, 0.3) is 0 Å². The van der Waals surface area contributed by atoms with Crippen LogP contribution in [0.2, 0.25) is 0 Å². The average Bonchev–Trinajstić information content (AvgIpc) is 2.75. The van der Waals surface area contributed by atoms with Gasteiger partial charge in [-0.25, -0.2) is 12.8 Å². The number of nitrogens with zero attached hydrogens (tertiary/aromatic N) is 2. The second-order valence-corrected chi connectivity index (χ2v) is 10.1. The molecule has 1 atom stereocenters. The molecule has 0 radical (unpaired) electrons. The number of hydrogen-bond donors (Lipinski definition) is 1. The van der Waals surface area contributed by atoms with Crippen LogP contribution in [0.1, 0.15) is 36.8 Å². The van der Waals surface area contributed by atoms with Gasteiger partial charge in [0.1, 0.15) is 17.7 Å². The Morgan fingerprint density at radius 1 is 1.24 bits per heavy atom. The number of benzene rings is 1. The second-order valence-electron chi connectivity index (χ2n) is 8.40. The minimum Gasteiger partial charge on any atom is -0.344 e. The molecule has 0 aliphatic carbocycles. The average molecular weight is 498 g/mol. The Hall–Kier alpha value is -2.77. The summed E-state index contributed by atoms with van der Waals surface area (Å²) in [5.41, 5.74) is -0.374. The Labute approximate surface area is 197 Å². The fourth-order valence-corrected chi connectivity index (χ4v) is 5.00. The van der Waals surface area contributed by atoms with E-state index in [9.17, 15) is 26.0 Å². The number of rotatable bonds is 7. The van der Waals surface area contributed by atoms with Gasteiger partial charge in [-0.2, -0.15) is 13.2 Å². The summed E-state index contributed by atoms with van der Waals surface area (Å²) in [5.74, 6) is 1.27. The first kappa shape index (κ1) is 25.8. The molecule has 1 unspecified atom stereocenters. The first-order chi connectivity index (χ1) is 15.9. The predicted octanol–water partition coefficient (Wildman–Crippen LogP) is 4.75. The van der Waals surface area contributed by atoms with E-state index < -0.39 is 39.6 Å². The number of halogens is 4. The van der Waals surface area contributed by atoms with Crippen molar-refractivity contribution in [1.29, 1.82) is 0 Å². The molecule has 0 aromatic heterocycles. The smallest absolute Gasteiger partial charge is 0.344 e. The quantitative estimate of drug-likeness (QED) is 0.336. The van der Waals surface area contributed by atoms with Gasteiger partial charge in [-0.15, -0.1) is 13.0 Å². The number of sulfonamides is 1. The van der Waals surface area contributed by atoms with Gasteiger partial charge >= 0.3 is 6.18 Å². The molecule has 1 fully saturated rings. The summed E-state index contributed by atoms with van der Waals surface area (Å²) in [6.45, 7) is 4.75. The molecular weight excluding hydrogens is 470 g/mol. The lowest BCUT2D eigenvalue weighted by molar-refractivity contribution is -0.123. The van der Waals surface area contributed by atoms with Crippen LogP contribution >= 0.6 is 0 Å². The van der Waals surface area contributed by atoms with Crippen molar-refractivity contribution in [3.05, 3.63) is 65.2 Å². The van der Waals surface area contributed by atoms with Crippen LogP contribution in [0.4, 0.5) is 23.2 Å². The summed E-state index contributed by atoms with van der Waals surface area (Å²) >= 11 is 0. The minimum atomic E-state index is -4.63. The molecule has 1 N–H and O–H groups in total. The fraction of sp³-hybridized carbons (Fsp3) is 0.417. The fourth-order valence-electron chi connectivity index (χ4n) is 4.42. The lowest BCUT2D eigenvalue weighted by Crippen LogP contribution is -2.53. The predicted molar refractivity (Wildman–Crippen MR) is 125 cm³/mol. The largest absolute Gasteiger partial charge is 0.431 e. The number of nitrogens with one attached hydrogen (secondary N) is 1. The Kier molecular flexibility index (Phi) is 7.78. The van der Waals surface area contributed by atoms with Gasteiger partial charge in [0.05, 0.1) is 17.5 Å². The van der Waals surface area contributed by atoms with E-state index in [1.54, 1.807) is 6.08 Å². The molecule has 1 aromatic carbocycles. The van der Waals surface area contributed by atoms with Crippen LogP contribution in [0, 0.1) is 18.2 Å². The van der Waals surface area contributed by atoms with Crippen LogP contribution in [-0.4, -0.2) is 49.9 Å². The van der Waals surface area contributed by atoms with Crippen LogP contribution in [0.3, 0.4) is 0 Å². The first-order valence-corrected chi connectivity index (χ1v) is 12.7. The SMILES string of the molecule is C#Cc1cc(CN2C(C(F)(F)F)=CC=C(CC=C)C2N2CCCCC2)cc(F)c1NS(C)(=O)=O. The molecule has 34 heavy (non-hydrogen) atoms. The van der Waals surface area contributed by atoms with E-state index in [0.29, 0.717) is 19.5 Å². The van der Waals surface area contributed by atoms with Crippen LogP contribution < -0.4 is 4.72 Å². The number of allylic oxidation sites excluding steroid dienone is 4. The van der Waals surface area contributed by atoms with Gasteiger partial charge < -0.3 is 4.90 Å². The van der Waals surface area contributed by atoms with Gasteiger partial charge in [-0.3, -0.25) is 9.62 Å². The van der Waals surface area contributed by atoms with Gasteiger partial charge in [-0.1, -0.05) is 24.5 Å². The van der Waals surface area contributed by atoms with E-state index in [-0.39, 0.29) is 17.7 Å². The van der Waals surface area contributed by atoms with E-state index >= 15 is 0 Å². The third-order valence-electron chi connectivity index (χ3n) is 5.74. The second kappa shape index (κ2) is 10.2. The van der Waals surface area contributed by atoms with Crippen molar-refractivity contribution in [2.24, 2.45) is 0 Å². The van der Waals surface area contributed by atoms with Crippen molar-refractivity contribution in [2.45, 2.75) is 44.6 Å². The third kappa shape index (κ3) is 6.02. The van der Waals surface area contributed by atoms with Crippen LogP contribution in [0.5, 0.6) is 0 Å². The molecule has 5 nitrogen and oxygen atoms in total. The Morgan fingerprint density at radius 2 is 1.91 bits per heavy atom. The lowest BCUT2D eigenvalue weighted by Gasteiger charge is -2.46. The van der Waals surface area contributed by atoms with Crippen molar-refractivity contribution in [3.63, 3.8) is 0 Å². The van der Waals surface area contributed by atoms with E-state index in [1.165, 1.54) is 17.0 Å². The zero-order valence-corrected chi connectivity index (χ0v) is 19.6. The van der Waals surface area contributed by atoms with E-state index in [0.717, 1.165) is 43.2 Å². The molecule has 0 saturated carbocycles. The number of terminal acetylenes is 1. The zero-order valence-electron chi connectivity index (χ0n) is 18.8. The monoisotopic (exact) mass is 497 g/mol. The standard InChI is InChI=1S/C24H27F4N3O2S/c1-4-9-19-10-11-21(24(26,27)28)31(23(19)30-12-7-6-8-13-30)16-17-14-18(5-2)22(20(25)15-17)29-34(3,32)33/h2,4,10-11,14-15,23,29H,1,6-9,12-13,16H2,3H3. The molecule has 0 spiro atoms. The Bertz CT molecular complexity index is 1140. The van der Waals surface area contributed by atoms with Crippen LogP contribution in [0.15, 0.2) is 48.2 Å². The molecule has 2 heterocycles. The van der Waals surface area contributed by atoms with Crippen LogP contribution in [-0.2, 0) is 16.6 Å². The highest BCUT2D eigenvalue weighted by molar-refractivity contribution is 7.92. The maximum atomic E-state index is 14.8. The summed E-state index contributed by atoms with van der Waals surface area (Å²) in [4.78, 5) is 3.23. The van der Waals surface area contributed by atoms with Gasteiger partial charge in [-0.05, 0) is 48.6 Å². The molecular formula is C24H27F4N3O2S. The first-order valence-electron chi connectivity index (χ1n) is 10.8. The van der Waals surface area contributed by atoms with E-state index in [2.05, 4.69) is 12.5 Å². The Morgan fingerprint density at radius 3 is 2.47 bits per heavy atom. The lowest BCUT2D eigenvalue weighted by atomic mass is 9.98. The number of hydrogen-bond acceptors (Lipinski definition) is 4. The van der Waals surface area contributed by atoms with Gasteiger partial charge in [0, 0.05) is 19.6 Å². The summed E-state index contributed by atoms with van der Waals surface area (Å²) in [6, 6.07) is 2.35. The van der Waals surface area contributed by atoms with E-state index in [1.807, 2.05) is 9.62 Å². The van der Waals surface area contributed by atoms with E-state index in [4.69, 9.17) is 6.42 Å². The summed E-state index contributed by atoms with van der Waals surface area (Å²) in [5, 5.41) is 0. The zero-order chi connectivity index (χ0) is 25.1. The molecule has 1 aromatic rings. The number of alkyl halides is 3. The minimum absolute atomic E-state index is 0.0913. The highest BCUT2D eigenvalue weighted by Crippen LogP contribution is 2.38.